The Morgan fingerprint density at radius 1 is 1.34 bits per heavy atom. The van der Waals surface area contributed by atoms with Crippen LogP contribution in [0.1, 0.15) is 32.3 Å². The van der Waals surface area contributed by atoms with Crippen molar-refractivity contribution >= 4 is 35.0 Å². The summed E-state index contributed by atoms with van der Waals surface area (Å²) in [6.07, 6.45) is 2.79. The van der Waals surface area contributed by atoms with E-state index in [0.717, 1.165) is 12.8 Å². The standard InChI is InChI=1S/C22H30FN5O3S/c1-5-24-28(6-2)21-25-20(29)19(32-21)14-15-13-16(23)7-8-18(15)31-22(30)27-11-9-17(10-12-27)26(3)4/h7-8,13-14,17,24H,5-6,9-12H2,1-4H3/b19-14+. The zero-order chi connectivity index (χ0) is 23.3. The molecule has 1 fully saturated rings. The number of hydrogen-bond donors (Lipinski definition) is 1. The van der Waals surface area contributed by atoms with Gasteiger partial charge in [0.05, 0.1) is 4.91 Å². The second-order valence-electron chi connectivity index (χ2n) is 7.80. The number of hydrazine groups is 1. The van der Waals surface area contributed by atoms with E-state index in [0.29, 0.717) is 47.9 Å². The van der Waals surface area contributed by atoms with Gasteiger partial charge < -0.3 is 14.5 Å². The van der Waals surface area contributed by atoms with Crippen LogP contribution >= 0.6 is 11.8 Å². The molecule has 1 N–H and O–H groups in total. The van der Waals surface area contributed by atoms with Gasteiger partial charge in [-0.2, -0.15) is 4.99 Å². The van der Waals surface area contributed by atoms with E-state index in [2.05, 4.69) is 15.3 Å². The van der Waals surface area contributed by atoms with Crippen LogP contribution in [-0.4, -0.2) is 78.3 Å². The van der Waals surface area contributed by atoms with Gasteiger partial charge in [-0.15, -0.1) is 0 Å². The van der Waals surface area contributed by atoms with Crippen LogP contribution in [-0.2, 0) is 4.79 Å². The molecular weight excluding hydrogens is 433 g/mol. The Morgan fingerprint density at radius 3 is 2.69 bits per heavy atom. The monoisotopic (exact) mass is 463 g/mol. The van der Waals surface area contributed by atoms with Crippen molar-refractivity contribution in [2.45, 2.75) is 32.7 Å². The lowest BCUT2D eigenvalue weighted by Gasteiger charge is -2.34. The van der Waals surface area contributed by atoms with Crippen LogP contribution in [0, 0.1) is 5.82 Å². The normalized spacial score (nSPS) is 18.4. The molecule has 0 saturated carbocycles. The predicted molar refractivity (Wildman–Crippen MR) is 125 cm³/mol. The SMILES string of the molecule is CCNN(CC)C1=NC(=O)/C(=C\c2cc(F)ccc2OC(=O)N2CCC(N(C)C)CC2)S1. The first-order chi connectivity index (χ1) is 15.3. The second kappa shape index (κ2) is 10.9. The molecule has 1 saturated heterocycles. The van der Waals surface area contributed by atoms with Gasteiger partial charge in [0.2, 0.25) is 0 Å². The number of nitrogens with zero attached hydrogens (tertiary/aromatic N) is 4. The molecule has 2 aliphatic rings. The highest BCUT2D eigenvalue weighted by atomic mass is 32.2. The van der Waals surface area contributed by atoms with Gasteiger partial charge >= 0.3 is 6.09 Å². The molecule has 2 heterocycles. The Bertz CT molecular complexity index is 913. The van der Waals surface area contributed by atoms with Crippen LogP contribution in [0.2, 0.25) is 0 Å². The number of likely N-dealkylation sites (tertiary alicyclic amines) is 1. The molecule has 0 radical (unpaired) electrons. The van der Waals surface area contributed by atoms with Gasteiger partial charge in [0.1, 0.15) is 11.6 Å². The third-order valence-electron chi connectivity index (χ3n) is 5.41. The number of rotatable bonds is 6. The van der Waals surface area contributed by atoms with E-state index in [9.17, 15) is 14.0 Å². The summed E-state index contributed by atoms with van der Waals surface area (Å²) >= 11 is 1.20. The summed E-state index contributed by atoms with van der Waals surface area (Å²) in [5, 5.41) is 2.32. The van der Waals surface area contributed by atoms with Crippen LogP contribution in [0.5, 0.6) is 5.75 Å². The summed E-state index contributed by atoms with van der Waals surface area (Å²) < 4.78 is 19.6. The lowest BCUT2D eigenvalue weighted by molar-refractivity contribution is -0.113. The number of piperidine rings is 1. The number of carbonyl (C=O) groups is 2. The summed E-state index contributed by atoms with van der Waals surface area (Å²) in [5.74, 6) is -0.684. The number of nitrogens with one attached hydrogen (secondary N) is 1. The van der Waals surface area contributed by atoms with Gasteiger partial charge in [-0.3, -0.25) is 9.80 Å². The quantitative estimate of drug-likeness (QED) is 0.513. The lowest BCUT2D eigenvalue weighted by atomic mass is 10.0. The maximum atomic E-state index is 14.0. The van der Waals surface area contributed by atoms with Crippen molar-refractivity contribution in [1.82, 2.24) is 20.2 Å². The zero-order valence-electron chi connectivity index (χ0n) is 18.9. The van der Waals surface area contributed by atoms with E-state index < -0.39 is 17.8 Å². The molecule has 0 spiro atoms. The summed E-state index contributed by atoms with van der Waals surface area (Å²) in [6.45, 7) is 6.43. The molecule has 0 aromatic heterocycles. The van der Waals surface area contributed by atoms with Crippen LogP contribution in [0.3, 0.4) is 0 Å². The fourth-order valence-electron chi connectivity index (χ4n) is 3.61. The Morgan fingerprint density at radius 2 is 2.06 bits per heavy atom. The fraction of sp³-hybridized carbons (Fsp3) is 0.500. The summed E-state index contributed by atoms with van der Waals surface area (Å²) in [7, 11) is 4.07. The number of amidine groups is 1. The predicted octanol–water partition coefficient (Wildman–Crippen LogP) is 3.17. The highest BCUT2D eigenvalue weighted by Crippen LogP contribution is 2.32. The van der Waals surface area contributed by atoms with Crippen LogP contribution in [0.25, 0.3) is 6.08 Å². The van der Waals surface area contributed by atoms with Crippen LogP contribution < -0.4 is 10.2 Å². The minimum absolute atomic E-state index is 0.208. The molecule has 0 atom stereocenters. The second-order valence-corrected chi connectivity index (χ2v) is 8.81. The largest absolute Gasteiger partial charge is 0.415 e. The number of aliphatic imine (C=N–C) groups is 1. The maximum Gasteiger partial charge on any atom is 0.415 e. The molecule has 2 aliphatic heterocycles. The lowest BCUT2D eigenvalue weighted by Crippen LogP contribution is -2.45. The molecular formula is C22H30FN5O3S. The molecule has 1 aromatic rings. The number of carbonyl (C=O) groups excluding carboxylic acids is 2. The van der Waals surface area contributed by atoms with Crippen molar-refractivity contribution in [3.05, 3.63) is 34.5 Å². The minimum atomic E-state index is -0.483. The van der Waals surface area contributed by atoms with Crippen molar-refractivity contribution < 1.29 is 18.7 Å². The highest BCUT2D eigenvalue weighted by molar-refractivity contribution is 8.18. The molecule has 0 aliphatic carbocycles. The number of halogens is 1. The number of amides is 2. The van der Waals surface area contributed by atoms with Gasteiger partial charge in [-0.1, -0.05) is 6.92 Å². The summed E-state index contributed by atoms with van der Waals surface area (Å²) in [4.78, 5) is 33.4. The first-order valence-corrected chi connectivity index (χ1v) is 11.6. The van der Waals surface area contributed by atoms with Crippen molar-refractivity contribution in [3.63, 3.8) is 0 Å². The molecule has 8 nitrogen and oxygen atoms in total. The molecule has 10 heteroatoms. The van der Waals surface area contributed by atoms with E-state index in [1.165, 1.54) is 36.0 Å². The Hall–Kier alpha value is -2.43. The van der Waals surface area contributed by atoms with Gasteiger partial charge in [0.15, 0.2) is 5.17 Å². The topological polar surface area (TPSA) is 77.5 Å². The minimum Gasteiger partial charge on any atom is -0.410 e. The van der Waals surface area contributed by atoms with E-state index >= 15 is 0 Å². The van der Waals surface area contributed by atoms with Crippen molar-refractivity contribution in [1.29, 1.82) is 0 Å². The molecule has 32 heavy (non-hydrogen) atoms. The smallest absolute Gasteiger partial charge is 0.410 e. The van der Waals surface area contributed by atoms with Crippen LogP contribution in [0.15, 0.2) is 28.1 Å². The van der Waals surface area contributed by atoms with Gasteiger partial charge in [-0.05, 0) is 69.9 Å². The molecule has 0 bridgehead atoms. The average molecular weight is 464 g/mol. The third-order valence-corrected chi connectivity index (χ3v) is 6.42. The molecule has 1 aromatic carbocycles. The Labute approximate surface area is 192 Å². The van der Waals surface area contributed by atoms with Crippen LogP contribution in [0.4, 0.5) is 9.18 Å². The molecule has 2 amide bonds. The molecule has 174 valence electrons. The average Bonchev–Trinajstić information content (AvgIpc) is 3.13. The number of hydrogen-bond acceptors (Lipinski definition) is 7. The zero-order valence-corrected chi connectivity index (χ0v) is 19.7. The number of benzene rings is 1. The van der Waals surface area contributed by atoms with E-state index in [4.69, 9.17) is 4.74 Å². The van der Waals surface area contributed by atoms with E-state index in [1.807, 2.05) is 27.9 Å². The Kier molecular flexibility index (Phi) is 8.27. The third kappa shape index (κ3) is 5.87. The first kappa shape index (κ1) is 24.2. The van der Waals surface area contributed by atoms with Crippen molar-refractivity contribution in [2.24, 2.45) is 4.99 Å². The van der Waals surface area contributed by atoms with Gasteiger partial charge in [-0.25, -0.2) is 14.6 Å². The molecule has 0 unspecified atom stereocenters. The van der Waals surface area contributed by atoms with E-state index in [-0.39, 0.29) is 5.75 Å². The number of ether oxygens (including phenoxy) is 1. The fourth-order valence-corrected chi connectivity index (χ4v) is 4.56. The van der Waals surface area contributed by atoms with Crippen molar-refractivity contribution in [3.8, 4) is 5.75 Å². The molecule has 3 rings (SSSR count). The Balaban J connectivity index is 1.73. The van der Waals surface area contributed by atoms with Gasteiger partial charge in [0.25, 0.3) is 5.91 Å². The highest BCUT2D eigenvalue weighted by Gasteiger charge is 2.28. The van der Waals surface area contributed by atoms with Gasteiger partial charge in [0, 0.05) is 37.8 Å². The van der Waals surface area contributed by atoms with Crippen molar-refractivity contribution in [2.75, 3.05) is 40.3 Å². The van der Waals surface area contributed by atoms with E-state index in [1.54, 1.807) is 9.91 Å². The maximum absolute atomic E-state index is 14.0. The first-order valence-electron chi connectivity index (χ1n) is 10.8. The summed E-state index contributed by atoms with van der Waals surface area (Å²) in [6, 6.07) is 4.34. The summed E-state index contributed by atoms with van der Waals surface area (Å²) in [5.41, 5.74) is 3.46. The number of thioether (sulfide) groups is 1.